The van der Waals surface area contributed by atoms with Crippen molar-refractivity contribution in [1.82, 2.24) is 4.98 Å². The minimum absolute atomic E-state index is 0.0881. The van der Waals surface area contributed by atoms with E-state index in [0.29, 0.717) is 16.5 Å². The van der Waals surface area contributed by atoms with Gasteiger partial charge >= 0.3 is 0 Å². The van der Waals surface area contributed by atoms with Gasteiger partial charge in [0, 0.05) is 28.3 Å². The van der Waals surface area contributed by atoms with Gasteiger partial charge in [-0.15, -0.1) is 0 Å². The first-order valence-electron chi connectivity index (χ1n) is 7.66. The molecule has 1 saturated carbocycles. The number of amides is 1. The van der Waals surface area contributed by atoms with E-state index in [2.05, 4.69) is 10.3 Å². The van der Waals surface area contributed by atoms with E-state index in [1.54, 1.807) is 0 Å². The first-order valence-corrected chi connectivity index (χ1v) is 8.04. The molecule has 1 aliphatic rings. The maximum absolute atomic E-state index is 12.0. The van der Waals surface area contributed by atoms with Crippen LogP contribution in [-0.2, 0) is 4.79 Å². The summed E-state index contributed by atoms with van der Waals surface area (Å²) in [5, 5.41) is 3.58. The Kier molecular flexibility index (Phi) is 3.54. The van der Waals surface area contributed by atoms with Crippen molar-refractivity contribution < 1.29 is 9.21 Å². The zero-order valence-corrected chi connectivity index (χ0v) is 13.1. The lowest BCUT2D eigenvalue weighted by atomic mass is 9.85. The number of anilines is 1. The maximum atomic E-state index is 12.0. The Morgan fingerprint density at radius 3 is 2.83 bits per heavy atom. The molecule has 0 saturated heterocycles. The van der Waals surface area contributed by atoms with E-state index in [-0.39, 0.29) is 11.8 Å². The molecular weight excluding hydrogens is 312 g/mol. The number of nitrogens with zero attached hydrogens (tertiary/aromatic N) is 1. The normalized spacial score (nSPS) is 14.7. The molecule has 0 radical (unpaired) electrons. The Balaban J connectivity index is 1.62. The Morgan fingerprint density at radius 2 is 2.09 bits per heavy atom. The van der Waals surface area contributed by atoms with Crippen LogP contribution in [0.1, 0.15) is 19.3 Å². The lowest BCUT2D eigenvalue weighted by Gasteiger charge is -2.23. The Labute approximate surface area is 138 Å². The first kappa shape index (κ1) is 14.3. The van der Waals surface area contributed by atoms with E-state index in [4.69, 9.17) is 16.0 Å². The van der Waals surface area contributed by atoms with E-state index in [1.165, 1.54) is 0 Å². The van der Waals surface area contributed by atoms with E-state index in [0.717, 1.165) is 36.0 Å². The van der Waals surface area contributed by atoms with E-state index >= 15 is 0 Å². The molecule has 4 nitrogen and oxygen atoms in total. The summed E-state index contributed by atoms with van der Waals surface area (Å²) >= 11 is 6.01. The first-order chi connectivity index (χ1) is 11.2. The lowest BCUT2D eigenvalue weighted by molar-refractivity contribution is -0.122. The number of aromatic nitrogens is 1. The van der Waals surface area contributed by atoms with Gasteiger partial charge in [0.1, 0.15) is 5.52 Å². The lowest BCUT2D eigenvalue weighted by Crippen LogP contribution is -2.27. The second-order valence-electron chi connectivity index (χ2n) is 5.83. The predicted molar refractivity (Wildman–Crippen MR) is 90.4 cm³/mol. The monoisotopic (exact) mass is 326 g/mol. The summed E-state index contributed by atoms with van der Waals surface area (Å²) in [5.41, 5.74) is 2.96. The number of hydrogen-bond donors (Lipinski definition) is 1. The number of rotatable bonds is 3. The third kappa shape index (κ3) is 2.82. The van der Waals surface area contributed by atoms with Crippen molar-refractivity contribution in [3.8, 4) is 11.5 Å². The molecule has 1 amide bonds. The van der Waals surface area contributed by atoms with Crippen LogP contribution in [0.2, 0.25) is 5.02 Å². The zero-order valence-electron chi connectivity index (χ0n) is 12.4. The van der Waals surface area contributed by atoms with Gasteiger partial charge in [-0.3, -0.25) is 4.79 Å². The highest BCUT2D eigenvalue weighted by Gasteiger charge is 2.25. The molecule has 1 aliphatic carbocycles. The van der Waals surface area contributed by atoms with Crippen molar-refractivity contribution >= 4 is 34.3 Å². The van der Waals surface area contributed by atoms with Gasteiger partial charge in [0.15, 0.2) is 5.58 Å². The number of halogens is 1. The van der Waals surface area contributed by atoms with Crippen LogP contribution < -0.4 is 5.32 Å². The molecule has 1 aromatic heterocycles. The van der Waals surface area contributed by atoms with Crippen molar-refractivity contribution in [1.29, 1.82) is 0 Å². The highest BCUT2D eigenvalue weighted by atomic mass is 35.5. The van der Waals surface area contributed by atoms with Gasteiger partial charge in [-0.05, 0) is 43.2 Å². The molecule has 0 spiro atoms. The van der Waals surface area contributed by atoms with Crippen molar-refractivity contribution in [2.75, 3.05) is 5.32 Å². The number of carbonyl (C=O) groups excluding carboxylic acids is 1. The summed E-state index contributed by atoms with van der Waals surface area (Å²) in [5.74, 6) is 0.762. The molecule has 23 heavy (non-hydrogen) atoms. The SMILES string of the molecule is O=C(Nc1ccc2nc(-c3cccc(Cl)c3)oc2c1)C1CCC1. The topological polar surface area (TPSA) is 55.1 Å². The van der Waals surface area contributed by atoms with Gasteiger partial charge in [-0.25, -0.2) is 4.98 Å². The second-order valence-corrected chi connectivity index (χ2v) is 6.27. The van der Waals surface area contributed by atoms with Gasteiger partial charge in [0.25, 0.3) is 0 Å². The highest BCUT2D eigenvalue weighted by Crippen LogP contribution is 2.30. The largest absolute Gasteiger partial charge is 0.436 e. The molecule has 0 bridgehead atoms. The summed E-state index contributed by atoms with van der Waals surface area (Å²) in [6.45, 7) is 0. The number of oxazole rings is 1. The quantitative estimate of drug-likeness (QED) is 0.745. The molecule has 0 unspecified atom stereocenters. The van der Waals surface area contributed by atoms with Crippen LogP contribution in [-0.4, -0.2) is 10.9 Å². The minimum Gasteiger partial charge on any atom is -0.436 e. The molecule has 1 fully saturated rings. The average Bonchev–Trinajstić information content (AvgIpc) is 2.88. The van der Waals surface area contributed by atoms with Gasteiger partial charge in [0.05, 0.1) is 0 Å². The summed E-state index contributed by atoms with van der Waals surface area (Å²) < 4.78 is 5.81. The molecule has 1 heterocycles. The Bertz CT molecular complexity index is 884. The molecule has 5 heteroatoms. The summed E-state index contributed by atoms with van der Waals surface area (Å²) in [7, 11) is 0. The van der Waals surface area contributed by atoms with Crippen molar-refractivity contribution in [3.63, 3.8) is 0 Å². The van der Waals surface area contributed by atoms with E-state index < -0.39 is 0 Å². The Morgan fingerprint density at radius 1 is 1.22 bits per heavy atom. The smallest absolute Gasteiger partial charge is 0.227 e. The molecule has 2 aromatic carbocycles. The molecule has 3 aromatic rings. The van der Waals surface area contributed by atoms with E-state index in [1.807, 2.05) is 42.5 Å². The minimum atomic E-state index is 0.0881. The van der Waals surface area contributed by atoms with Crippen LogP contribution >= 0.6 is 11.6 Å². The molecular formula is C18H15ClN2O2. The van der Waals surface area contributed by atoms with Gasteiger partial charge in [-0.1, -0.05) is 24.1 Å². The molecule has 0 aliphatic heterocycles. The van der Waals surface area contributed by atoms with E-state index in [9.17, 15) is 4.79 Å². The van der Waals surface area contributed by atoms with Gasteiger partial charge < -0.3 is 9.73 Å². The fourth-order valence-electron chi connectivity index (χ4n) is 2.66. The highest BCUT2D eigenvalue weighted by molar-refractivity contribution is 6.30. The zero-order chi connectivity index (χ0) is 15.8. The number of nitrogens with one attached hydrogen (secondary N) is 1. The number of fused-ring (bicyclic) bond motifs is 1. The van der Waals surface area contributed by atoms with Crippen LogP contribution in [0.3, 0.4) is 0 Å². The Hall–Kier alpha value is -2.33. The van der Waals surface area contributed by atoms with Crippen LogP contribution in [0.15, 0.2) is 46.9 Å². The average molecular weight is 327 g/mol. The van der Waals surface area contributed by atoms with Crippen LogP contribution in [0, 0.1) is 5.92 Å². The summed E-state index contributed by atoms with van der Waals surface area (Å²) in [6, 6.07) is 12.9. The second kappa shape index (κ2) is 5.70. The molecule has 0 atom stereocenters. The van der Waals surface area contributed by atoms with Crippen LogP contribution in [0.25, 0.3) is 22.6 Å². The molecule has 4 rings (SSSR count). The molecule has 116 valence electrons. The summed E-state index contributed by atoms with van der Waals surface area (Å²) in [4.78, 5) is 16.5. The fraction of sp³-hybridized carbons (Fsp3) is 0.222. The summed E-state index contributed by atoms with van der Waals surface area (Å²) in [6.07, 6.45) is 3.10. The standard InChI is InChI=1S/C18H15ClN2O2/c19-13-6-2-5-12(9-13)18-21-15-8-7-14(10-16(15)23-18)20-17(22)11-3-1-4-11/h2,5-11H,1,3-4H2,(H,20,22). The van der Waals surface area contributed by atoms with Gasteiger partial charge in [-0.2, -0.15) is 0 Å². The maximum Gasteiger partial charge on any atom is 0.227 e. The third-order valence-electron chi connectivity index (χ3n) is 4.20. The molecule has 1 N–H and O–H groups in total. The third-order valence-corrected chi connectivity index (χ3v) is 4.44. The number of hydrogen-bond acceptors (Lipinski definition) is 3. The fourth-order valence-corrected chi connectivity index (χ4v) is 2.85. The van der Waals surface area contributed by atoms with Crippen molar-refractivity contribution in [2.24, 2.45) is 5.92 Å². The predicted octanol–water partition coefficient (Wildman–Crippen LogP) is 4.89. The number of carbonyl (C=O) groups is 1. The van der Waals surface area contributed by atoms with Crippen LogP contribution in [0.4, 0.5) is 5.69 Å². The van der Waals surface area contributed by atoms with Gasteiger partial charge in [0.2, 0.25) is 11.8 Å². The van der Waals surface area contributed by atoms with Crippen LogP contribution in [0.5, 0.6) is 0 Å². The van der Waals surface area contributed by atoms with Crippen molar-refractivity contribution in [2.45, 2.75) is 19.3 Å². The van der Waals surface area contributed by atoms with Crippen molar-refractivity contribution in [3.05, 3.63) is 47.5 Å². The number of benzene rings is 2.